The van der Waals surface area contributed by atoms with Crippen molar-refractivity contribution in [2.45, 2.75) is 51.2 Å². The third-order valence-corrected chi connectivity index (χ3v) is 4.43. The van der Waals surface area contributed by atoms with Gasteiger partial charge < -0.3 is 24.8 Å². The van der Waals surface area contributed by atoms with E-state index in [4.69, 9.17) is 14.2 Å². The zero-order valence-corrected chi connectivity index (χ0v) is 19.0. The van der Waals surface area contributed by atoms with Gasteiger partial charge in [0.1, 0.15) is 17.6 Å². The number of nitrogens with zero attached hydrogens (tertiary/aromatic N) is 1. The van der Waals surface area contributed by atoms with Gasteiger partial charge in [0, 0.05) is 26.3 Å². The summed E-state index contributed by atoms with van der Waals surface area (Å²) in [5.41, 5.74) is 0. The molecule has 0 aliphatic heterocycles. The predicted molar refractivity (Wildman–Crippen MR) is 121 cm³/mol. The third-order valence-electron chi connectivity index (χ3n) is 4.43. The second-order valence-corrected chi connectivity index (χ2v) is 6.62. The molecule has 1 atom stereocenters. The molecule has 2 N–H and O–H groups in total. The van der Waals surface area contributed by atoms with Crippen LogP contribution < -0.4 is 20.1 Å². The summed E-state index contributed by atoms with van der Waals surface area (Å²) in [5, 5.41) is 6.61. The van der Waals surface area contributed by atoms with E-state index < -0.39 is 0 Å². The molecule has 1 saturated carbocycles. The minimum Gasteiger partial charge on any atom is -0.497 e. The molecule has 7 heteroatoms. The number of nitrogens with one attached hydrogen (secondary N) is 2. The van der Waals surface area contributed by atoms with Crippen molar-refractivity contribution in [3.63, 3.8) is 0 Å². The van der Waals surface area contributed by atoms with Crippen LogP contribution in [0.15, 0.2) is 29.3 Å². The SMILES string of the molecule is CN=C(NCCCOC1CCCC1)NCC(C)Oc1cccc(OC)c1.I. The average molecular weight is 491 g/mol. The minimum absolute atomic E-state index is 0. The molecule has 1 aromatic carbocycles. The molecule has 0 heterocycles. The van der Waals surface area contributed by atoms with Crippen molar-refractivity contribution in [3.05, 3.63) is 24.3 Å². The van der Waals surface area contributed by atoms with Gasteiger partial charge in [-0.1, -0.05) is 18.9 Å². The number of ether oxygens (including phenoxy) is 3. The Labute approximate surface area is 180 Å². The van der Waals surface area contributed by atoms with Gasteiger partial charge in [0.05, 0.1) is 19.8 Å². The Hall–Kier alpha value is -1.22. The largest absolute Gasteiger partial charge is 0.497 e. The summed E-state index contributed by atoms with van der Waals surface area (Å²) in [7, 11) is 3.43. The summed E-state index contributed by atoms with van der Waals surface area (Å²) in [6, 6.07) is 7.63. The van der Waals surface area contributed by atoms with Gasteiger partial charge in [-0.15, -0.1) is 24.0 Å². The van der Waals surface area contributed by atoms with Crippen LogP contribution in [0.5, 0.6) is 11.5 Å². The van der Waals surface area contributed by atoms with Crippen LogP contribution in [0.2, 0.25) is 0 Å². The highest BCUT2D eigenvalue weighted by atomic mass is 127. The third kappa shape index (κ3) is 9.51. The predicted octanol–water partition coefficient (Wildman–Crippen LogP) is 3.59. The monoisotopic (exact) mass is 491 g/mol. The first-order chi connectivity index (χ1) is 12.7. The van der Waals surface area contributed by atoms with Crippen molar-refractivity contribution in [1.82, 2.24) is 10.6 Å². The zero-order chi connectivity index (χ0) is 18.6. The molecule has 6 nitrogen and oxygen atoms in total. The van der Waals surface area contributed by atoms with Gasteiger partial charge in [-0.05, 0) is 38.3 Å². The second-order valence-electron chi connectivity index (χ2n) is 6.62. The van der Waals surface area contributed by atoms with Crippen LogP contribution in [0.25, 0.3) is 0 Å². The molecule has 0 saturated heterocycles. The van der Waals surface area contributed by atoms with Crippen LogP contribution in [-0.2, 0) is 4.74 Å². The van der Waals surface area contributed by atoms with E-state index in [2.05, 4.69) is 15.6 Å². The molecule has 27 heavy (non-hydrogen) atoms. The number of hydrogen-bond acceptors (Lipinski definition) is 4. The number of halogens is 1. The topological polar surface area (TPSA) is 64.1 Å². The molecule has 0 amide bonds. The van der Waals surface area contributed by atoms with Gasteiger partial charge in [-0.25, -0.2) is 0 Å². The van der Waals surface area contributed by atoms with E-state index >= 15 is 0 Å². The number of hydrogen-bond donors (Lipinski definition) is 2. The lowest BCUT2D eigenvalue weighted by Crippen LogP contribution is -2.42. The first-order valence-electron chi connectivity index (χ1n) is 9.58. The van der Waals surface area contributed by atoms with Crippen molar-refractivity contribution >= 4 is 29.9 Å². The lowest BCUT2D eigenvalue weighted by molar-refractivity contribution is 0.0574. The van der Waals surface area contributed by atoms with Crippen molar-refractivity contribution in [1.29, 1.82) is 0 Å². The van der Waals surface area contributed by atoms with Gasteiger partial charge >= 0.3 is 0 Å². The molecule has 2 rings (SSSR count). The summed E-state index contributed by atoms with van der Waals surface area (Å²) in [4.78, 5) is 4.25. The van der Waals surface area contributed by atoms with E-state index in [1.165, 1.54) is 25.7 Å². The van der Waals surface area contributed by atoms with Gasteiger partial charge in [-0.3, -0.25) is 4.99 Å². The highest BCUT2D eigenvalue weighted by Gasteiger charge is 2.14. The van der Waals surface area contributed by atoms with Crippen LogP contribution in [0.3, 0.4) is 0 Å². The van der Waals surface area contributed by atoms with Gasteiger partial charge in [0.15, 0.2) is 5.96 Å². The lowest BCUT2D eigenvalue weighted by Gasteiger charge is -2.18. The molecule has 0 radical (unpaired) electrons. The number of methoxy groups -OCH3 is 1. The number of rotatable bonds is 10. The molecule has 0 spiro atoms. The maximum Gasteiger partial charge on any atom is 0.191 e. The van der Waals surface area contributed by atoms with E-state index in [1.54, 1.807) is 14.2 Å². The van der Waals surface area contributed by atoms with Crippen molar-refractivity contribution in [2.24, 2.45) is 4.99 Å². The van der Waals surface area contributed by atoms with E-state index in [-0.39, 0.29) is 30.1 Å². The molecule has 1 fully saturated rings. The Morgan fingerprint density at radius 3 is 2.67 bits per heavy atom. The van der Waals surface area contributed by atoms with Gasteiger partial charge in [-0.2, -0.15) is 0 Å². The van der Waals surface area contributed by atoms with Crippen molar-refractivity contribution in [2.75, 3.05) is 33.9 Å². The molecule has 154 valence electrons. The van der Waals surface area contributed by atoms with Gasteiger partial charge in [0.25, 0.3) is 0 Å². The van der Waals surface area contributed by atoms with E-state index in [9.17, 15) is 0 Å². The average Bonchev–Trinajstić information content (AvgIpc) is 3.17. The molecular formula is C20H34IN3O3. The molecular weight excluding hydrogens is 457 g/mol. The Morgan fingerprint density at radius 1 is 1.22 bits per heavy atom. The maximum atomic E-state index is 5.91. The quantitative estimate of drug-likeness (QED) is 0.227. The smallest absolute Gasteiger partial charge is 0.191 e. The van der Waals surface area contributed by atoms with Crippen LogP contribution in [0, 0.1) is 0 Å². The Kier molecular flexibility index (Phi) is 12.2. The highest BCUT2D eigenvalue weighted by Crippen LogP contribution is 2.21. The maximum absolute atomic E-state index is 5.91. The van der Waals surface area contributed by atoms with Crippen molar-refractivity contribution < 1.29 is 14.2 Å². The number of benzene rings is 1. The Balaban J connectivity index is 0.00000364. The molecule has 1 unspecified atom stereocenters. The highest BCUT2D eigenvalue weighted by molar-refractivity contribution is 14.0. The zero-order valence-electron chi connectivity index (χ0n) is 16.7. The summed E-state index contributed by atoms with van der Waals surface area (Å²) < 4.78 is 17.0. The fourth-order valence-electron chi connectivity index (χ4n) is 2.99. The molecule has 0 aromatic heterocycles. The summed E-state index contributed by atoms with van der Waals surface area (Å²) in [6.07, 6.45) is 6.55. The molecule has 0 bridgehead atoms. The number of aliphatic imine (C=N–C) groups is 1. The van der Waals surface area contributed by atoms with Crippen LogP contribution in [0.1, 0.15) is 39.0 Å². The van der Waals surface area contributed by atoms with Crippen LogP contribution in [0.4, 0.5) is 0 Å². The fourth-order valence-corrected chi connectivity index (χ4v) is 2.99. The van der Waals surface area contributed by atoms with Crippen molar-refractivity contribution in [3.8, 4) is 11.5 Å². The summed E-state index contributed by atoms with van der Waals surface area (Å²) in [5.74, 6) is 2.37. The fraction of sp³-hybridized carbons (Fsp3) is 0.650. The van der Waals surface area contributed by atoms with E-state index in [0.29, 0.717) is 12.6 Å². The lowest BCUT2D eigenvalue weighted by atomic mass is 10.3. The summed E-state index contributed by atoms with van der Waals surface area (Å²) >= 11 is 0. The Bertz CT molecular complexity index is 551. The van der Waals surface area contributed by atoms with Crippen LogP contribution in [-0.4, -0.2) is 52.0 Å². The minimum atomic E-state index is 0. The first-order valence-corrected chi connectivity index (χ1v) is 9.58. The number of guanidine groups is 1. The van der Waals surface area contributed by atoms with Gasteiger partial charge in [0.2, 0.25) is 0 Å². The normalized spacial score (nSPS) is 15.7. The molecule has 1 aliphatic carbocycles. The summed E-state index contributed by atoms with van der Waals surface area (Å²) in [6.45, 7) is 4.34. The standard InChI is InChI=1S/C20H33N3O3.HI/c1-16(26-19-11-6-10-18(14-19)24-3)15-23-20(21-2)22-12-7-13-25-17-8-4-5-9-17;/h6,10-11,14,16-17H,4-5,7-9,12-13,15H2,1-3H3,(H2,21,22,23);1H. The van der Waals surface area contributed by atoms with Crippen LogP contribution >= 0.6 is 24.0 Å². The Morgan fingerprint density at radius 2 is 1.96 bits per heavy atom. The van der Waals surface area contributed by atoms with E-state index in [1.807, 2.05) is 31.2 Å². The second kappa shape index (κ2) is 13.9. The molecule has 1 aromatic rings. The molecule has 1 aliphatic rings. The first kappa shape index (κ1) is 23.8. The van der Waals surface area contributed by atoms with E-state index in [0.717, 1.165) is 37.0 Å².